The van der Waals surface area contributed by atoms with Gasteiger partial charge in [0, 0.05) is 26.3 Å². The molecule has 0 spiro atoms. The molecule has 2 amide bonds. The molecular weight excluding hydrogens is 466 g/mol. The molecule has 0 saturated carbocycles. The standard InChI is InChI=1S/C26H28ClN5O3/c1-16(2)18-6-4-5-7-20(18)26(14-32(15-26)23-9-8-17(13-33)11-30-23)25(35)31-21-12-29-22(27)10-19(21)24(34)28-3/h4-12,16,33H,13-15H2,1-3H3,(H,28,34)(H,31,35). The molecule has 9 heteroatoms. The van der Waals surface area contributed by atoms with Crippen molar-refractivity contribution in [1.82, 2.24) is 15.3 Å². The van der Waals surface area contributed by atoms with E-state index in [1.807, 2.05) is 41.3 Å². The minimum atomic E-state index is -0.863. The lowest BCUT2D eigenvalue weighted by Crippen LogP contribution is -2.65. The van der Waals surface area contributed by atoms with Crippen LogP contribution in [0.4, 0.5) is 11.5 Å². The second-order valence-corrected chi connectivity index (χ2v) is 9.34. The van der Waals surface area contributed by atoms with Crippen LogP contribution >= 0.6 is 11.6 Å². The summed E-state index contributed by atoms with van der Waals surface area (Å²) in [4.78, 5) is 36.9. The van der Waals surface area contributed by atoms with E-state index in [-0.39, 0.29) is 35.1 Å². The maximum absolute atomic E-state index is 13.9. The Morgan fingerprint density at radius 1 is 1.14 bits per heavy atom. The van der Waals surface area contributed by atoms with Crippen molar-refractivity contribution in [3.05, 3.63) is 82.3 Å². The summed E-state index contributed by atoms with van der Waals surface area (Å²) in [6.07, 6.45) is 3.03. The number of hydrogen-bond acceptors (Lipinski definition) is 6. The van der Waals surface area contributed by atoms with Crippen molar-refractivity contribution >= 4 is 34.9 Å². The Kier molecular flexibility index (Phi) is 7.05. The zero-order valence-corrected chi connectivity index (χ0v) is 20.6. The minimum absolute atomic E-state index is 0.0792. The zero-order valence-electron chi connectivity index (χ0n) is 19.9. The molecule has 1 aliphatic heterocycles. The lowest BCUT2D eigenvalue weighted by molar-refractivity contribution is -0.122. The van der Waals surface area contributed by atoms with Crippen molar-refractivity contribution in [2.45, 2.75) is 31.8 Å². The second kappa shape index (κ2) is 10.0. The van der Waals surface area contributed by atoms with E-state index in [0.29, 0.717) is 18.8 Å². The highest BCUT2D eigenvalue weighted by Gasteiger charge is 2.52. The minimum Gasteiger partial charge on any atom is -0.392 e. The van der Waals surface area contributed by atoms with E-state index >= 15 is 0 Å². The molecule has 0 aliphatic carbocycles. The van der Waals surface area contributed by atoms with Crippen molar-refractivity contribution in [2.24, 2.45) is 0 Å². The highest BCUT2D eigenvalue weighted by atomic mass is 35.5. The quantitative estimate of drug-likeness (QED) is 0.435. The number of pyridine rings is 2. The van der Waals surface area contributed by atoms with E-state index in [1.54, 1.807) is 6.20 Å². The average molecular weight is 494 g/mol. The monoisotopic (exact) mass is 493 g/mol. The van der Waals surface area contributed by atoms with Gasteiger partial charge in [0.05, 0.1) is 24.1 Å². The zero-order chi connectivity index (χ0) is 25.2. The third kappa shape index (κ3) is 4.72. The summed E-state index contributed by atoms with van der Waals surface area (Å²) in [7, 11) is 1.52. The van der Waals surface area contributed by atoms with Crippen LogP contribution in [0.15, 0.2) is 54.9 Å². The van der Waals surface area contributed by atoms with Gasteiger partial charge in [-0.05, 0) is 34.7 Å². The van der Waals surface area contributed by atoms with Gasteiger partial charge >= 0.3 is 0 Å². The van der Waals surface area contributed by atoms with Crippen LogP contribution in [0.1, 0.15) is 46.8 Å². The van der Waals surface area contributed by atoms with Gasteiger partial charge < -0.3 is 20.6 Å². The number of anilines is 2. The predicted octanol–water partition coefficient (Wildman–Crippen LogP) is 3.50. The van der Waals surface area contributed by atoms with E-state index in [9.17, 15) is 14.7 Å². The van der Waals surface area contributed by atoms with E-state index in [0.717, 1.165) is 22.5 Å². The number of rotatable bonds is 7. The van der Waals surface area contributed by atoms with E-state index in [4.69, 9.17) is 11.6 Å². The number of aromatic nitrogens is 2. The molecule has 0 atom stereocenters. The van der Waals surface area contributed by atoms with Gasteiger partial charge in [-0.3, -0.25) is 9.59 Å². The number of aliphatic hydroxyl groups excluding tert-OH is 1. The molecular formula is C26H28ClN5O3. The van der Waals surface area contributed by atoms with Crippen molar-refractivity contribution in [3.8, 4) is 0 Å². The van der Waals surface area contributed by atoms with Crippen molar-refractivity contribution < 1.29 is 14.7 Å². The van der Waals surface area contributed by atoms with Gasteiger partial charge in [0.15, 0.2) is 0 Å². The van der Waals surface area contributed by atoms with Crippen LogP contribution in [0.5, 0.6) is 0 Å². The molecule has 3 heterocycles. The van der Waals surface area contributed by atoms with Crippen LogP contribution in [-0.2, 0) is 16.8 Å². The number of nitrogens with one attached hydrogen (secondary N) is 2. The number of benzene rings is 1. The summed E-state index contributed by atoms with van der Waals surface area (Å²) < 4.78 is 0. The fourth-order valence-corrected chi connectivity index (χ4v) is 4.59. The van der Waals surface area contributed by atoms with Gasteiger partial charge in [0.25, 0.3) is 5.91 Å². The molecule has 1 aliphatic rings. The largest absolute Gasteiger partial charge is 0.392 e. The average Bonchev–Trinajstić information content (AvgIpc) is 2.84. The fraction of sp³-hybridized carbons (Fsp3) is 0.308. The van der Waals surface area contributed by atoms with Crippen molar-refractivity contribution in [2.75, 3.05) is 30.4 Å². The highest BCUT2D eigenvalue weighted by Crippen LogP contribution is 2.41. The van der Waals surface area contributed by atoms with E-state index < -0.39 is 5.41 Å². The number of carbonyl (C=O) groups excluding carboxylic acids is 2. The summed E-state index contributed by atoms with van der Waals surface area (Å²) in [6, 6.07) is 13.1. The van der Waals surface area contributed by atoms with Crippen LogP contribution in [0.3, 0.4) is 0 Å². The third-order valence-electron chi connectivity index (χ3n) is 6.36. The molecule has 3 N–H and O–H groups in total. The van der Waals surface area contributed by atoms with Crippen molar-refractivity contribution in [1.29, 1.82) is 0 Å². The van der Waals surface area contributed by atoms with Gasteiger partial charge in [0.1, 0.15) is 16.4 Å². The summed E-state index contributed by atoms with van der Waals surface area (Å²) in [5.74, 6) is 0.338. The van der Waals surface area contributed by atoms with Gasteiger partial charge in [-0.25, -0.2) is 9.97 Å². The van der Waals surface area contributed by atoms with Crippen LogP contribution in [0, 0.1) is 0 Å². The normalized spacial score (nSPS) is 14.4. The molecule has 0 radical (unpaired) electrons. The van der Waals surface area contributed by atoms with Gasteiger partial charge in [-0.1, -0.05) is 55.8 Å². The van der Waals surface area contributed by atoms with Gasteiger partial charge in [-0.2, -0.15) is 0 Å². The first kappa shape index (κ1) is 24.6. The Bertz CT molecular complexity index is 1240. The number of aliphatic hydroxyl groups is 1. The summed E-state index contributed by atoms with van der Waals surface area (Å²) >= 11 is 6.01. The maximum Gasteiger partial charge on any atom is 0.253 e. The predicted molar refractivity (Wildman–Crippen MR) is 136 cm³/mol. The van der Waals surface area contributed by atoms with E-state index in [1.165, 1.54) is 19.3 Å². The van der Waals surface area contributed by atoms with Crippen molar-refractivity contribution in [3.63, 3.8) is 0 Å². The Hall–Kier alpha value is -3.49. The first-order valence-electron chi connectivity index (χ1n) is 11.4. The van der Waals surface area contributed by atoms with Crippen LogP contribution in [0.25, 0.3) is 0 Å². The number of nitrogens with zero attached hydrogens (tertiary/aromatic N) is 3. The molecule has 4 rings (SSSR count). The number of carbonyl (C=O) groups is 2. The molecule has 35 heavy (non-hydrogen) atoms. The molecule has 0 unspecified atom stereocenters. The molecule has 182 valence electrons. The summed E-state index contributed by atoms with van der Waals surface area (Å²) in [5.41, 5.74) is 2.43. The number of amides is 2. The summed E-state index contributed by atoms with van der Waals surface area (Å²) in [5, 5.41) is 15.0. The summed E-state index contributed by atoms with van der Waals surface area (Å²) in [6.45, 7) is 4.94. The maximum atomic E-state index is 13.9. The lowest BCUT2D eigenvalue weighted by atomic mass is 9.69. The van der Waals surface area contributed by atoms with Crippen LogP contribution in [-0.4, -0.2) is 47.0 Å². The first-order valence-corrected chi connectivity index (χ1v) is 11.8. The molecule has 0 bridgehead atoms. The van der Waals surface area contributed by atoms with Gasteiger partial charge in [-0.15, -0.1) is 0 Å². The topological polar surface area (TPSA) is 107 Å². The molecule has 8 nitrogen and oxygen atoms in total. The molecule has 2 aromatic heterocycles. The molecule has 1 fully saturated rings. The third-order valence-corrected chi connectivity index (χ3v) is 6.57. The fourth-order valence-electron chi connectivity index (χ4n) is 4.43. The smallest absolute Gasteiger partial charge is 0.253 e. The Labute approximate surface area is 209 Å². The highest BCUT2D eigenvalue weighted by molar-refractivity contribution is 6.30. The lowest BCUT2D eigenvalue weighted by Gasteiger charge is -2.50. The first-order chi connectivity index (χ1) is 16.8. The Balaban J connectivity index is 1.71. The van der Waals surface area contributed by atoms with Crippen LogP contribution < -0.4 is 15.5 Å². The number of hydrogen-bond donors (Lipinski definition) is 3. The molecule has 3 aromatic rings. The second-order valence-electron chi connectivity index (χ2n) is 8.95. The SMILES string of the molecule is CNC(=O)c1cc(Cl)ncc1NC(=O)C1(c2ccccc2C(C)C)CN(c2ccc(CO)cn2)C1. The Morgan fingerprint density at radius 2 is 1.89 bits per heavy atom. The Morgan fingerprint density at radius 3 is 2.51 bits per heavy atom. The van der Waals surface area contributed by atoms with Gasteiger partial charge in [0.2, 0.25) is 5.91 Å². The van der Waals surface area contributed by atoms with E-state index in [2.05, 4.69) is 34.4 Å². The number of halogens is 1. The molecule has 1 saturated heterocycles. The van der Waals surface area contributed by atoms with Crippen LogP contribution in [0.2, 0.25) is 5.15 Å². The molecule has 1 aromatic carbocycles.